The molecule has 0 bridgehead atoms. The third-order valence-electron chi connectivity index (χ3n) is 2.95. The van der Waals surface area contributed by atoms with Crippen LogP contribution in [0.1, 0.15) is 33.6 Å². The van der Waals surface area contributed by atoms with Gasteiger partial charge in [0.15, 0.2) is 0 Å². The van der Waals surface area contributed by atoms with Crippen molar-refractivity contribution in [1.82, 2.24) is 4.90 Å². The van der Waals surface area contributed by atoms with Crippen LogP contribution in [0.2, 0.25) is 0 Å². The molecule has 1 aliphatic heterocycles. The summed E-state index contributed by atoms with van der Waals surface area (Å²) >= 11 is 0. The lowest BCUT2D eigenvalue weighted by molar-refractivity contribution is -0.0359. The van der Waals surface area contributed by atoms with Gasteiger partial charge in [-0.25, -0.2) is 0 Å². The summed E-state index contributed by atoms with van der Waals surface area (Å²) in [5.74, 6) is 0.762. The minimum absolute atomic E-state index is 0.334. The van der Waals surface area contributed by atoms with Crippen LogP contribution in [0.25, 0.3) is 0 Å². The fourth-order valence-electron chi connectivity index (χ4n) is 2.09. The second-order valence-corrected chi connectivity index (χ2v) is 4.78. The normalized spacial score (nSPS) is 33.8. The highest BCUT2D eigenvalue weighted by molar-refractivity contribution is 4.89. The zero-order valence-electron chi connectivity index (χ0n) is 8.67. The summed E-state index contributed by atoms with van der Waals surface area (Å²) in [7, 11) is 2.11. The summed E-state index contributed by atoms with van der Waals surface area (Å²) in [5, 5.41) is 9.89. The zero-order valence-corrected chi connectivity index (χ0v) is 8.67. The molecule has 2 unspecified atom stereocenters. The first-order valence-electron chi connectivity index (χ1n) is 4.84. The Balaban J connectivity index is 2.61. The van der Waals surface area contributed by atoms with Gasteiger partial charge in [-0.2, -0.15) is 0 Å². The number of piperidine rings is 1. The van der Waals surface area contributed by atoms with Crippen molar-refractivity contribution >= 4 is 0 Å². The van der Waals surface area contributed by atoms with E-state index in [1.165, 1.54) is 6.42 Å². The second kappa shape index (κ2) is 3.35. The molecule has 0 radical (unpaired) electrons. The van der Waals surface area contributed by atoms with Crippen molar-refractivity contribution in [3.05, 3.63) is 0 Å². The monoisotopic (exact) mass is 171 g/mol. The van der Waals surface area contributed by atoms with Crippen molar-refractivity contribution in [2.75, 3.05) is 13.6 Å². The summed E-state index contributed by atoms with van der Waals surface area (Å²) in [5.41, 5.74) is -0.552. The molecule has 0 aromatic carbocycles. The van der Waals surface area contributed by atoms with Crippen LogP contribution in [0.5, 0.6) is 0 Å². The summed E-state index contributed by atoms with van der Waals surface area (Å²) in [6.45, 7) is 7.21. The highest BCUT2D eigenvalue weighted by Gasteiger charge is 2.34. The Hall–Kier alpha value is -0.0800. The molecule has 0 saturated carbocycles. The van der Waals surface area contributed by atoms with E-state index in [9.17, 15) is 5.11 Å². The number of aliphatic hydroxyl groups is 1. The van der Waals surface area contributed by atoms with Gasteiger partial charge >= 0.3 is 0 Å². The highest BCUT2D eigenvalue weighted by atomic mass is 16.3. The van der Waals surface area contributed by atoms with E-state index in [1.807, 2.05) is 13.8 Å². The highest BCUT2D eigenvalue weighted by Crippen LogP contribution is 2.27. The first-order chi connectivity index (χ1) is 5.41. The van der Waals surface area contributed by atoms with Crippen LogP contribution in [0, 0.1) is 5.92 Å². The van der Waals surface area contributed by atoms with Crippen LogP contribution in [0.3, 0.4) is 0 Å². The van der Waals surface area contributed by atoms with Gasteiger partial charge in [-0.15, -0.1) is 0 Å². The molecule has 1 saturated heterocycles. The van der Waals surface area contributed by atoms with Crippen LogP contribution in [-0.4, -0.2) is 35.2 Å². The lowest BCUT2D eigenvalue weighted by Gasteiger charge is -2.42. The van der Waals surface area contributed by atoms with E-state index >= 15 is 0 Å². The minimum atomic E-state index is -0.552. The topological polar surface area (TPSA) is 23.5 Å². The SMILES string of the molecule is CC1CCN(C)C(C(C)(C)O)C1. The average Bonchev–Trinajstić information content (AvgIpc) is 1.92. The number of hydrogen-bond donors (Lipinski definition) is 1. The van der Waals surface area contributed by atoms with Crippen molar-refractivity contribution < 1.29 is 5.11 Å². The molecule has 1 heterocycles. The average molecular weight is 171 g/mol. The van der Waals surface area contributed by atoms with E-state index in [0.29, 0.717) is 6.04 Å². The number of nitrogens with zero attached hydrogens (tertiary/aromatic N) is 1. The molecule has 0 aromatic rings. The van der Waals surface area contributed by atoms with Crippen molar-refractivity contribution in [3.8, 4) is 0 Å². The van der Waals surface area contributed by atoms with Crippen LogP contribution < -0.4 is 0 Å². The van der Waals surface area contributed by atoms with Crippen molar-refractivity contribution in [2.24, 2.45) is 5.92 Å². The molecule has 2 nitrogen and oxygen atoms in total. The molecule has 2 atom stereocenters. The molecule has 2 heteroatoms. The van der Waals surface area contributed by atoms with Gasteiger partial charge in [0.05, 0.1) is 5.60 Å². The van der Waals surface area contributed by atoms with Gasteiger partial charge in [-0.05, 0) is 46.2 Å². The number of likely N-dealkylation sites (tertiary alicyclic amines) is 1. The lowest BCUT2D eigenvalue weighted by Crippen LogP contribution is -2.51. The standard InChI is InChI=1S/C10H21NO/c1-8-5-6-11(4)9(7-8)10(2,3)12/h8-9,12H,5-7H2,1-4H3. The second-order valence-electron chi connectivity index (χ2n) is 4.78. The Bertz CT molecular complexity index is 150. The van der Waals surface area contributed by atoms with Gasteiger partial charge in [-0.1, -0.05) is 6.92 Å². The van der Waals surface area contributed by atoms with Gasteiger partial charge in [0.25, 0.3) is 0 Å². The van der Waals surface area contributed by atoms with Crippen LogP contribution in [0.4, 0.5) is 0 Å². The largest absolute Gasteiger partial charge is 0.389 e. The van der Waals surface area contributed by atoms with Crippen molar-refractivity contribution in [3.63, 3.8) is 0 Å². The maximum absolute atomic E-state index is 9.89. The summed E-state index contributed by atoms with van der Waals surface area (Å²) < 4.78 is 0. The Morgan fingerprint density at radius 2 is 2.00 bits per heavy atom. The fraction of sp³-hybridized carbons (Fsp3) is 1.00. The molecule has 1 N–H and O–H groups in total. The molecule has 1 aliphatic rings. The van der Waals surface area contributed by atoms with E-state index in [-0.39, 0.29) is 0 Å². The predicted molar refractivity (Wildman–Crippen MR) is 51.1 cm³/mol. The van der Waals surface area contributed by atoms with Crippen LogP contribution in [0.15, 0.2) is 0 Å². The van der Waals surface area contributed by atoms with Gasteiger partial charge in [0.1, 0.15) is 0 Å². The van der Waals surface area contributed by atoms with Crippen molar-refractivity contribution in [1.29, 1.82) is 0 Å². The van der Waals surface area contributed by atoms with Gasteiger partial charge in [0.2, 0.25) is 0 Å². The number of hydrogen-bond acceptors (Lipinski definition) is 2. The smallest absolute Gasteiger partial charge is 0.0746 e. The van der Waals surface area contributed by atoms with Crippen LogP contribution in [-0.2, 0) is 0 Å². The predicted octanol–water partition coefficient (Wildman–Crippen LogP) is 1.49. The van der Waals surface area contributed by atoms with E-state index in [4.69, 9.17) is 0 Å². The third-order valence-corrected chi connectivity index (χ3v) is 2.95. The van der Waals surface area contributed by atoms with Crippen LogP contribution >= 0.6 is 0 Å². The Kier molecular flexibility index (Phi) is 2.79. The summed E-state index contributed by atoms with van der Waals surface area (Å²) in [6.07, 6.45) is 2.39. The quantitative estimate of drug-likeness (QED) is 0.646. The molecular weight excluding hydrogens is 150 g/mol. The van der Waals surface area contributed by atoms with Crippen molar-refractivity contribution in [2.45, 2.75) is 45.3 Å². The van der Waals surface area contributed by atoms with Gasteiger partial charge in [-0.3, -0.25) is 0 Å². The third kappa shape index (κ3) is 2.20. The molecule has 1 rings (SSSR count). The molecular formula is C10H21NO. The Morgan fingerprint density at radius 3 is 2.42 bits per heavy atom. The maximum atomic E-state index is 9.89. The molecule has 0 aromatic heterocycles. The van der Waals surface area contributed by atoms with Gasteiger partial charge < -0.3 is 10.0 Å². The minimum Gasteiger partial charge on any atom is -0.389 e. The molecule has 72 valence electrons. The zero-order chi connectivity index (χ0) is 9.35. The molecule has 0 amide bonds. The maximum Gasteiger partial charge on any atom is 0.0746 e. The number of rotatable bonds is 1. The first kappa shape index (κ1) is 10.0. The molecule has 0 spiro atoms. The molecule has 0 aliphatic carbocycles. The Labute approximate surface area is 75.6 Å². The van der Waals surface area contributed by atoms with Gasteiger partial charge in [0, 0.05) is 6.04 Å². The first-order valence-corrected chi connectivity index (χ1v) is 4.84. The fourth-order valence-corrected chi connectivity index (χ4v) is 2.09. The number of likely N-dealkylation sites (N-methyl/N-ethyl adjacent to an activating group) is 1. The van der Waals surface area contributed by atoms with E-state index in [2.05, 4.69) is 18.9 Å². The lowest BCUT2D eigenvalue weighted by atomic mass is 9.84. The summed E-state index contributed by atoms with van der Waals surface area (Å²) in [6, 6.07) is 0.334. The van der Waals surface area contributed by atoms with E-state index in [0.717, 1.165) is 18.9 Å². The van der Waals surface area contributed by atoms with E-state index < -0.39 is 5.60 Å². The molecule has 1 fully saturated rings. The van der Waals surface area contributed by atoms with E-state index in [1.54, 1.807) is 0 Å². The Morgan fingerprint density at radius 1 is 1.42 bits per heavy atom. The molecule has 12 heavy (non-hydrogen) atoms. The summed E-state index contributed by atoms with van der Waals surface area (Å²) in [4.78, 5) is 2.28.